The number of imidazole rings is 1. The number of nitrogens with zero attached hydrogens (tertiary/aromatic N) is 2. The van der Waals surface area contributed by atoms with Crippen molar-refractivity contribution in [1.82, 2.24) is 14.3 Å². The first-order valence-electron chi connectivity index (χ1n) is 8.08. The summed E-state index contributed by atoms with van der Waals surface area (Å²) in [5, 5.41) is 0. The molecule has 1 heterocycles. The van der Waals surface area contributed by atoms with Crippen molar-refractivity contribution in [1.29, 1.82) is 0 Å². The van der Waals surface area contributed by atoms with Gasteiger partial charge in [0.05, 0.1) is 11.2 Å². The van der Waals surface area contributed by atoms with E-state index in [-0.39, 0.29) is 17.2 Å². The maximum absolute atomic E-state index is 12.4. The molecule has 0 radical (unpaired) electrons. The van der Waals surface area contributed by atoms with Gasteiger partial charge >= 0.3 is 0 Å². The quantitative estimate of drug-likeness (QED) is 0.649. The highest BCUT2D eigenvalue weighted by atomic mass is 32.2. The van der Waals surface area contributed by atoms with E-state index in [0.29, 0.717) is 12.1 Å². The van der Waals surface area contributed by atoms with Crippen LogP contribution in [-0.2, 0) is 23.1 Å². The average Bonchev–Trinajstić information content (AvgIpc) is 3.14. The number of hydrogen-bond acceptors (Lipinski definition) is 4. The van der Waals surface area contributed by atoms with Gasteiger partial charge in [-0.3, -0.25) is 4.79 Å². The SMILES string of the molecule is CC(=O)c1ccc(S(=O)(=O)NCc2ccc(Cn3ccnc3)cc2)cc1. The van der Waals surface area contributed by atoms with Gasteiger partial charge in [0.1, 0.15) is 0 Å². The zero-order valence-corrected chi connectivity index (χ0v) is 15.1. The van der Waals surface area contributed by atoms with Crippen LogP contribution in [0.4, 0.5) is 0 Å². The summed E-state index contributed by atoms with van der Waals surface area (Å²) in [7, 11) is -3.63. The molecule has 6 nitrogen and oxygen atoms in total. The maximum atomic E-state index is 12.4. The first-order valence-corrected chi connectivity index (χ1v) is 9.56. The van der Waals surface area contributed by atoms with Crippen molar-refractivity contribution < 1.29 is 13.2 Å². The van der Waals surface area contributed by atoms with E-state index >= 15 is 0 Å². The standard InChI is InChI=1S/C19H19N3O3S/c1-15(23)18-6-8-19(9-7-18)26(24,25)21-12-16-2-4-17(5-3-16)13-22-11-10-20-14-22/h2-11,14,21H,12-13H2,1H3. The Hall–Kier alpha value is -2.77. The fraction of sp³-hybridized carbons (Fsp3) is 0.158. The number of aromatic nitrogens is 2. The average molecular weight is 369 g/mol. The third-order valence-corrected chi connectivity index (χ3v) is 5.40. The van der Waals surface area contributed by atoms with Gasteiger partial charge < -0.3 is 4.57 Å². The van der Waals surface area contributed by atoms with Crippen LogP contribution in [-0.4, -0.2) is 23.8 Å². The highest BCUT2D eigenvalue weighted by Gasteiger charge is 2.14. The van der Waals surface area contributed by atoms with Gasteiger partial charge in [0.25, 0.3) is 0 Å². The summed E-state index contributed by atoms with van der Waals surface area (Å²) in [6, 6.07) is 13.6. The van der Waals surface area contributed by atoms with Crippen molar-refractivity contribution in [2.75, 3.05) is 0 Å². The van der Waals surface area contributed by atoms with Crippen LogP contribution in [0.2, 0.25) is 0 Å². The lowest BCUT2D eigenvalue weighted by Gasteiger charge is -2.08. The van der Waals surface area contributed by atoms with E-state index in [1.54, 1.807) is 12.5 Å². The van der Waals surface area contributed by atoms with Gasteiger partial charge in [-0.05, 0) is 30.2 Å². The number of ketones is 1. The van der Waals surface area contributed by atoms with Gasteiger partial charge in [-0.15, -0.1) is 0 Å². The highest BCUT2D eigenvalue weighted by molar-refractivity contribution is 7.89. The Labute approximate surface area is 152 Å². The van der Waals surface area contributed by atoms with Crippen molar-refractivity contribution in [3.63, 3.8) is 0 Å². The summed E-state index contributed by atoms with van der Waals surface area (Å²) in [5.41, 5.74) is 2.45. The number of Topliss-reactive ketones (excluding diaryl/α,β-unsaturated/α-hetero) is 1. The van der Waals surface area contributed by atoms with Crippen LogP contribution in [0, 0.1) is 0 Å². The molecule has 0 saturated heterocycles. The lowest BCUT2D eigenvalue weighted by Crippen LogP contribution is -2.23. The monoisotopic (exact) mass is 369 g/mol. The van der Waals surface area contributed by atoms with E-state index in [0.717, 1.165) is 11.1 Å². The molecule has 134 valence electrons. The number of carbonyl (C=O) groups is 1. The molecule has 0 aliphatic heterocycles. The minimum Gasteiger partial charge on any atom is -0.333 e. The van der Waals surface area contributed by atoms with E-state index in [1.165, 1.54) is 31.2 Å². The summed E-state index contributed by atoms with van der Waals surface area (Å²) < 4.78 is 29.3. The van der Waals surface area contributed by atoms with E-state index in [2.05, 4.69) is 9.71 Å². The third-order valence-electron chi connectivity index (χ3n) is 3.98. The number of sulfonamides is 1. The van der Waals surface area contributed by atoms with Crippen LogP contribution in [0.25, 0.3) is 0 Å². The van der Waals surface area contributed by atoms with E-state index < -0.39 is 10.0 Å². The number of benzene rings is 2. The molecule has 0 fully saturated rings. The molecule has 0 amide bonds. The molecule has 0 unspecified atom stereocenters. The molecular formula is C19H19N3O3S. The molecule has 7 heteroatoms. The van der Waals surface area contributed by atoms with Gasteiger partial charge in [-0.2, -0.15) is 0 Å². The van der Waals surface area contributed by atoms with Crippen LogP contribution in [0.1, 0.15) is 28.4 Å². The smallest absolute Gasteiger partial charge is 0.240 e. The molecule has 1 aromatic heterocycles. The van der Waals surface area contributed by atoms with Crippen molar-refractivity contribution in [2.45, 2.75) is 24.9 Å². The molecule has 26 heavy (non-hydrogen) atoms. The summed E-state index contributed by atoms with van der Waals surface area (Å²) >= 11 is 0. The highest BCUT2D eigenvalue weighted by Crippen LogP contribution is 2.12. The topological polar surface area (TPSA) is 81.1 Å². The predicted molar refractivity (Wildman–Crippen MR) is 98.2 cm³/mol. The van der Waals surface area contributed by atoms with Gasteiger partial charge in [0.15, 0.2) is 5.78 Å². The largest absolute Gasteiger partial charge is 0.333 e. The Bertz CT molecular complexity index is 978. The Morgan fingerprint density at radius 1 is 1.04 bits per heavy atom. The predicted octanol–water partition coefficient (Wildman–Crippen LogP) is 2.61. The molecule has 0 atom stereocenters. The lowest BCUT2D eigenvalue weighted by molar-refractivity contribution is 0.101. The second kappa shape index (κ2) is 7.63. The van der Waals surface area contributed by atoms with E-state index in [1.807, 2.05) is 35.0 Å². The number of carbonyl (C=O) groups excluding carboxylic acids is 1. The summed E-state index contributed by atoms with van der Waals surface area (Å²) in [4.78, 5) is 15.4. The summed E-state index contributed by atoms with van der Waals surface area (Å²) in [5.74, 6) is -0.0994. The molecule has 0 aliphatic carbocycles. The lowest BCUT2D eigenvalue weighted by atomic mass is 10.1. The van der Waals surface area contributed by atoms with Gasteiger partial charge in [-0.1, -0.05) is 36.4 Å². The first kappa shape index (κ1) is 18.0. The van der Waals surface area contributed by atoms with Crippen LogP contribution >= 0.6 is 0 Å². The van der Waals surface area contributed by atoms with Crippen LogP contribution in [0.15, 0.2) is 72.1 Å². The Morgan fingerprint density at radius 3 is 2.27 bits per heavy atom. The van der Waals surface area contributed by atoms with Crippen LogP contribution in [0.5, 0.6) is 0 Å². The Balaban J connectivity index is 1.63. The first-order chi connectivity index (χ1) is 12.4. The van der Waals surface area contributed by atoms with Crippen molar-refractivity contribution >= 4 is 15.8 Å². The molecule has 0 aliphatic rings. The minimum absolute atomic E-state index is 0.0994. The minimum atomic E-state index is -3.63. The fourth-order valence-corrected chi connectivity index (χ4v) is 3.50. The zero-order chi connectivity index (χ0) is 18.6. The summed E-state index contributed by atoms with van der Waals surface area (Å²) in [6.07, 6.45) is 5.37. The normalized spacial score (nSPS) is 11.4. The molecule has 3 aromatic rings. The third kappa shape index (κ3) is 4.44. The molecular weight excluding hydrogens is 350 g/mol. The van der Waals surface area contributed by atoms with Crippen LogP contribution in [0.3, 0.4) is 0 Å². The molecule has 1 N–H and O–H groups in total. The van der Waals surface area contributed by atoms with Gasteiger partial charge in [-0.25, -0.2) is 18.1 Å². The molecule has 2 aromatic carbocycles. The van der Waals surface area contributed by atoms with Crippen LogP contribution < -0.4 is 4.72 Å². The maximum Gasteiger partial charge on any atom is 0.240 e. The molecule has 0 saturated carbocycles. The summed E-state index contributed by atoms with van der Waals surface area (Å²) in [6.45, 7) is 2.36. The van der Waals surface area contributed by atoms with Crippen molar-refractivity contribution in [3.05, 3.63) is 83.9 Å². The number of hydrogen-bond donors (Lipinski definition) is 1. The molecule has 0 spiro atoms. The van der Waals surface area contributed by atoms with Gasteiger partial charge in [0, 0.05) is 31.0 Å². The molecule has 3 rings (SSSR count). The fourth-order valence-electron chi connectivity index (χ4n) is 2.48. The Morgan fingerprint density at radius 2 is 1.69 bits per heavy atom. The second-order valence-electron chi connectivity index (χ2n) is 5.96. The van der Waals surface area contributed by atoms with Crippen molar-refractivity contribution in [2.24, 2.45) is 0 Å². The van der Waals surface area contributed by atoms with Crippen molar-refractivity contribution in [3.8, 4) is 0 Å². The second-order valence-corrected chi connectivity index (χ2v) is 7.72. The van der Waals surface area contributed by atoms with E-state index in [9.17, 15) is 13.2 Å². The van der Waals surface area contributed by atoms with E-state index in [4.69, 9.17) is 0 Å². The zero-order valence-electron chi connectivity index (χ0n) is 14.3. The number of nitrogens with one attached hydrogen (secondary N) is 1. The molecule has 0 bridgehead atoms. The Kier molecular flexibility index (Phi) is 5.29. The van der Waals surface area contributed by atoms with Gasteiger partial charge in [0.2, 0.25) is 10.0 Å². The number of rotatable bonds is 7.